The quantitative estimate of drug-likeness (QED) is 0.799. The number of rotatable bonds is 4. The zero-order valence-electron chi connectivity index (χ0n) is 8.55. The monoisotopic (exact) mass is 213 g/mol. The molecule has 0 aliphatic heterocycles. The smallest absolute Gasteiger partial charge is 0.0704 e. The Hall–Kier alpha value is -0.570. The first-order chi connectivity index (χ1) is 6.63. The van der Waals surface area contributed by atoms with E-state index in [2.05, 4.69) is 5.32 Å². The molecule has 14 heavy (non-hydrogen) atoms. The molecule has 2 N–H and O–H groups in total. The Bertz CT molecular complexity index is 301. The molecule has 0 bridgehead atoms. The lowest BCUT2D eigenvalue weighted by molar-refractivity contribution is 0.175. The van der Waals surface area contributed by atoms with Gasteiger partial charge in [-0.15, -0.1) is 0 Å². The Morgan fingerprint density at radius 3 is 2.79 bits per heavy atom. The maximum atomic E-state index is 9.57. The van der Waals surface area contributed by atoms with E-state index in [9.17, 15) is 5.11 Å². The summed E-state index contributed by atoms with van der Waals surface area (Å²) < 4.78 is 0. The van der Waals surface area contributed by atoms with Crippen LogP contribution in [0.1, 0.15) is 11.1 Å². The highest BCUT2D eigenvalue weighted by molar-refractivity contribution is 6.31. The van der Waals surface area contributed by atoms with Gasteiger partial charge in [0.2, 0.25) is 0 Å². The van der Waals surface area contributed by atoms with E-state index in [4.69, 9.17) is 11.6 Å². The van der Waals surface area contributed by atoms with Crippen LogP contribution in [0.25, 0.3) is 0 Å². The average molecular weight is 214 g/mol. The molecule has 0 aromatic heterocycles. The van der Waals surface area contributed by atoms with Crippen LogP contribution in [0.5, 0.6) is 0 Å². The highest BCUT2D eigenvalue weighted by Gasteiger charge is 2.05. The summed E-state index contributed by atoms with van der Waals surface area (Å²) >= 11 is 5.90. The van der Waals surface area contributed by atoms with E-state index in [0.29, 0.717) is 13.0 Å². The van der Waals surface area contributed by atoms with E-state index in [-0.39, 0.29) is 6.10 Å². The molecule has 0 saturated heterocycles. The lowest BCUT2D eigenvalue weighted by Gasteiger charge is -2.10. The molecule has 0 fully saturated rings. The van der Waals surface area contributed by atoms with Gasteiger partial charge >= 0.3 is 0 Å². The van der Waals surface area contributed by atoms with Crippen molar-refractivity contribution in [3.8, 4) is 0 Å². The first kappa shape index (κ1) is 11.5. The van der Waals surface area contributed by atoms with Gasteiger partial charge in [0.05, 0.1) is 6.10 Å². The molecule has 2 nitrogen and oxygen atoms in total. The zero-order valence-corrected chi connectivity index (χ0v) is 9.30. The molecule has 0 aliphatic rings. The molecule has 1 aromatic carbocycles. The van der Waals surface area contributed by atoms with E-state index in [1.807, 2.05) is 32.2 Å². The van der Waals surface area contributed by atoms with Gasteiger partial charge in [-0.05, 0) is 37.6 Å². The Labute approximate surface area is 89.9 Å². The summed E-state index contributed by atoms with van der Waals surface area (Å²) in [5.74, 6) is 0. The minimum atomic E-state index is -0.333. The van der Waals surface area contributed by atoms with Crippen molar-refractivity contribution in [2.24, 2.45) is 0 Å². The maximum absolute atomic E-state index is 9.57. The van der Waals surface area contributed by atoms with Gasteiger partial charge in [0.15, 0.2) is 0 Å². The van der Waals surface area contributed by atoms with Crippen molar-refractivity contribution < 1.29 is 5.11 Å². The molecule has 1 atom stereocenters. The fraction of sp³-hybridized carbons (Fsp3) is 0.455. The summed E-state index contributed by atoms with van der Waals surface area (Å²) in [6, 6.07) is 5.84. The van der Waals surface area contributed by atoms with Crippen LogP contribution in [-0.4, -0.2) is 24.8 Å². The normalized spacial score (nSPS) is 12.9. The highest BCUT2D eigenvalue weighted by atomic mass is 35.5. The number of aliphatic hydroxyl groups is 1. The second-order valence-corrected chi connectivity index (χ2v) is 3.91. The number of halogens is 1. The third-order valence-corrected chi connectivity index (χ3v) is 2.56. The third kappa shape index (κ3) is 3.29. The standard InChI is InChI=1S/C11H16ClNO/c1-8-5-9(3-4-11(8)12)6-10(14)7-13-2/h3-5,10,13-14H,6-7H2,1-2H3. The van der Waals surface area contributed by atoms with Crippen LogP contribution in [0, 0.1) is 6.92 Å². The summed E-state index contributed by atoms with van der Waals surface area (Å²) in [5.41, 5.74) is 2.18. The molecule has 1 unspecified atom stereocenters. The molecule has 0 spiro atoms. The average Bonchev–Trinajstić information content (AvgIpc) is 2.12. The molecule has 0 radical (unpaired) electrons. The summed E-state index contributed by atoms with van der Waals surface area (Å²) in [6.45, 7) is 2.58. The number of aliphatic hydroxyl groups excluding tert-OH is 1. The SMILES string of the molecule is CNCC(O)Cc1ccc(Cl)c(C)c1. The van der Waals surface area contributed by atoms with Crippen molar-refractivity contribution in [3.63, 3.8) is 0 Å². The van der Waals surface area contributed by atoms with Gasteiger partial charge < -0.3 is 10.4 Å². The molecule has 78 valence electrons. The van der Waals surface area contributed by atoms with E-state index in [0.717, 1.165) is 16.1 Å². The molecular formula is C11H16ClNO. The van der Waals surface area contributed by atoms with E-state index in [1.165, 1.54) is 0 Å². The molecular weight excluding hydrogens is 198 g/mol. The van der Waals surface area contributed by atoms with Crippen molar-refractivity contribution in [3.05, 3.63) is 34.3 Å². The molecule has 0 amide bonds. The molecule has 1 aromatic rings. The first-order valence-electron chi connectivity index (χ1n) is 4.71. The molecule has 0 saturated carbocycles. The van der Waals surface area contributed by atoms with Gasteiger partial charge in [0.1, 0.15) is 0 Å². The van der Waals surface area contributed by atoms with Gasteiger partial charge in [-0.1, -0.05) is 23.7 Å². The van der Waals surface area contributed by atoms with Crippen LogP contribution in [0.4, 0.5) is 0 Å². The van der Waals surface area contributed by atoms with Crippen LogP contribution in [0.3, 0.4) is 0 Å². The van der Waals surface area contributed by atoms with Crippen LogP contribution >= 0.6 is 11.6 Å². The second-order valence-electron chi connectivity index (χ2n) is 3.50. The molecule has 0 aliphatic carbocycles. The fourth-order valence-corrected chi connectivity index (χ4v) is 1.53. The van der Waals surface area contributed by atoms with Gasteiger partial charge in [0.25, 0.3) is 0 Å². The van der Waals surface area contributed by atoms with Crippen molar-refractivity contribution in [1.29, 1.82) is 0 Å². The predicted octanol–water partition coefficient (Wildman–Crippen LogP) is 1.77. The highest BCUT2D eigenvalue weighted by Crippen LogP contribution is 2.17. The zero-order chi connectivity index (χ0) is 10.6. The number of benzene rings is 1. The van der Waals surface area contributed by atoms with Crippen molar-refractivity contribution in [1.82, 2.24) is 5.32 Å². The Morgan fingerprint density at radius 1 is 1.50 bits per heavy atom. The lowest BCUT2D eigenvalue weighted by Crippen LogP contribution is -2.25. The lowest BCUT2D eigenvalue weighted by atomic mass is 10.1. The number of likely N-dealkylation sites (N-methyl/N-ethyl adjacent to an activating group) is 1. The summed E-state index contributed by atoms with van der Waals surface area (Å²) in [6.07, 6.45) is 0.333. The van der Waals surface area contributed by atoms with Gasteiger partial charge in [-0.2, -0.15) is 0 Å². The van der Waals surface area contributed by atoms with E-state index in [1.54, 1.807) is 0 Å². The van der Waals surface area contributed by atoms with Gasteiger partial charge in [-0.3, -0.25) is 0 Å². The maximum Gasteiger partial charge on any atom is 0.0704 e. The van der Waals surface area contributed by atoms with Gasteiger partial charge in [-0.25, -0.2) is 0 Å². The topological polar surface area (TPSA) is 32.3 Å². The number of hydrogen-bond acceptors (Lipinski definition) is 2. The minimum Gasteiger partial charge on any atom is -0.391 e. The first-order valence-corrected chi connectivity index (χ1v) is 5.09. The molecule has 1 rings (SSSR count). The van der Waals surface area contributed by atoms with Gasteiger partial charge in [0, 0.05) is 11.6 Å². The van der Waals surface area contributed by atoms with Crippen molar-refractivity contribution >= 4 is 11.6 Å². The number of aryl methyl sites for hydroxylation is 1. The van der Waals surface area contributed by atoms with Crippen molar-refractivity contribution in [2.75, 3.05) is 13.6 Å². The van der Waals surface area contributed by atoms with E-state index < -0.39 is 0 Å². The van der Waals surface area contributed by atoms with Crippen LogP contribution < -0.4 is 5.32 Å². The molecule has 3 heteroatoms. The largest absolute Gasteiger partial charge is 0.391 e. The second kappa shape index (κ2) is 5.35. The minimum absolute atomic E-state index is 0.333. The Morgan fingerprint density at radius 2 is 2.21 bits per heavy atom. The van der Waals surface area contributed by atoms with Crippen LogP contribution in [0.15, 0.2) is 18.2 Å². The fourth-order valence-electron chi connectivity index (χ4n) is 1.41. The van der Waals surface area contributed by atoms with Crippen LogP contribution in [0.2, 0.25) is 5.02 Å². The van der Waals surface area contributed by atoms with E-state index >= 15 is 0 Å². The van der Waals surface area contributed by atoms with Crippen molar-refractivity contribution in [2.45, 2.75) is 19.4 Å². The Balaban J connectivity index is 2.63. The molecule has 0 heterocycles. The van der Waals surface area contributed by atoms with Crippen LogP contribution in [-0.2, 0) is 6.42 Å². The summed E-state index contributed by atoms with van der Waals surface area (Å²) in [7, 11) is 1.83. The predicted molar refractivity (Wildman–Crippen MR) is 59.8 cm³/mol. The number of nitrogens with one attached hydrogen (secondary N) is 1. The summed E-state index contributed by atoms with van der Waals surface area (Å²) in [5, 5.41) is 13.3. The Kier molecular flexibility index (Phi) is 4.39. The summed E-state index contributed by atoms with van der Waals surface area (Å²) in [4.78, 5) is 0. The number of hydrogen-bond donors (Lipinski definition) is 2. The third-order valence-electron chi connectivity index (χ3n) is 2.13.